The lowest BCUT2D eigenvalue weighted by atomic mass is 10.0. The molecule has 0 fully saturated rings. The molecule has 11 nitrogen and oxygen atoms in total. The number of hydrogen-bond acceptors (Lipinski definition) is 10. The number of carbonyl (C=O) groups excluding carboxylic acids is 1. The highest BCUT2D eigenvalue weighted by molar-refractivity contribution is 7.85. The minimum Gasteiger partial charge on any atom is -0.451 e. The van der Waals surface area contributed by atoms with Gasteiger partial charge in [0.15, 0.2) is 11.9 Å². The summed E-state index contributed by atoms with van der Waals surface area (Å²) in [5, 5.41) is 6.73. The Bertz CT molecular complexity index is 1780. The molecule has 4 atom stereocenters. The average Bonchev–Trinajstić information content (AvgIpc) is 3.65. The van der Waals surface area contributed by atoms with Gasteiger partial charge in [-0.1, -0.05) is 121 Å². The molecule has 0 aliphatic carbocycles. The van der Waals surface area contributed by atoms with Gasteiger partial charge >= 0.3 is 5.97 Å². The standard InChI is InChI=1S/C37H39N3O8S/c1-28(41)47-36(37-38-27-39-40-37)35(46-24-31-18-10-4-11-19-31)34(45-23-30-16-8-3-9-17-30)33(25-44-22-29-14-6-2-7-15-29)48-49(42,43)26-32-20-12-5-13-21-32/h2-21,27,33-36H,22-26H2,1H3,(H,38,39,40)/t33-,34+,35-,36-/m0/s1. The highest BCUT2D eigenvalue weighted by Crippen LogP contribution is 2.30. The maximum Gasteiger partial charge on any atom is 0.303 e. The van der Waals surface area contributed by atoms with Gasteiger partial charge in [0.25, 0.3) is 10.1 Å². The van der Waals surface area contributed by atoms with Crippen molar-refractivity contribution < 1.29 is 36.3 Å². The number of H-pyrrole nitrogens is 1. The molecule has 5 rings (SSSR count). The molecule has 0 unspecified atom stereocenters. The number of ether oxygens (including phenoxy) is 4. The number of aromatic amines is 1. The average molecular weight is 686 g/mol. The van der Waals surface area contributed by atoms with Crippen LogP contribution in [0.5, 0.6) is 0 Å². The molecule has 0 amide bonds. The third-order valence-corrected chi connectivity index (χ3v) is 8.63. The second kappa shape index (κ2) is 18.2. The van der Waals surface area contributed by atoms with Crippen molar-refractivity contribution in [3.8, 4) is 0 Å². The SMILES string of the molecule is CC(=O)O[C@H](c1ncn[nH]1)[C@@H](OCc1ccccc1)[C@H](OCc1ccccc1)[C@H](COCc1ccccc1)OS(=O)(=O)Cc1ccccc1. The first-order valence-corrected chi connectivity index (χ1v) is 17.3. The molecule has 49 heavy (non-hydrogen) atoms. The van der Waals surface area contributed by atoms with Crippen LogP contribution in [-0.2, 0) is 63.6 Å². The maximum atomic E-state index is 13.7. The lowest BCUT2D eigenvalue weighted by Gasteiger charge is -2.36. The normalized spacial score (nSPS) is 14.1. The summed E-state index contributed by atoms with van der Waals surface area (Å²) in [4.78, 5) is 16.8. The van der Waals surface area contributed by atoms with Gasteiger partial charge < -0.3 is 18.9 Å². The number of aromatic nitrogens is 3. The number of benzene rings is 4. The Morgan fingerprint density at radius 1 is 0.694 bits per heavy atom. The van der Waals surface area contributed by atoms with E-state index in [0.29, 0.717) is 5.56 Å². The fourth-order valence-electron chi connectivity index (χ4n) is 5.16. The van der Waals surface area contributed by atoms with Gasteiger partial charge in [0.1, 0.15) is 30.4 Å². The van der Waals surface area contributed by atoms with E-state index in [9.17, 15) is 13.2 Å². The number of carbonyl (C=O) groups is 1. The van der Waals surface area contributed by atoms with E-state index >= 15 is 0 Å². The van der Waals surface area contributed by atoms with Gasteiger partial charge in [-0.25, -0.2) is 4.98 Å². The molecule has 0 aliphatic rings. The Balaban J connectivity index is 1.55. The van der Waals surface area contributed by atoms with Crippen molar-refractivity contribution in [3.05, 3.63) is 156 Å². The molecule has 0 radical (unpaired) electrons. The predicted molar refractivity (Wildman–Crippen MR) is 181 cm³/mol. The second-order valence-electron chi connectivity index (χ2n) is 11.2. The Hall–Kier alpha value is -4.72. The van der Waals surface area contributed by atoms with E-state index in [4.69, 9.17) is 23.1 Å². The van der Waals surface area contributed by atoms with Gasteiger partial charge in [0, 0.05) is 6.92 Å². The molecule has 4 aromatic carbocycles. The molecule has 1 aromatic heterocycles. The topological polar surface area (TPSA) is 139 Å². The van der Waals surface area contributed by atoms with Crippen LogP contribution in [-0.4, -0.2) is 54.5 Å². The number of hydrogen-bond donors (Lipinski definition) is 1. The van der Waals surface area contributed by atoms with E-state index in [2.05, 4.69) is 15.2 Å². The number of esters is 1. The molecule has 5 aromatic rings. The van der Waals surface area contributed by atoms with Crippen LogP contribution in [0.2, 0.25) is 0 Å². The summed E-state index contributed by atoms with van der Waals surface area (Å²) < 4.78 is 58.4. The van der Waals surface area contributed by atoms with E-state index in [0.717, 1.165) is 16.7 Å². The fourth-order valence-corrected chi connectivity index (χ4v) is 6.37. The first kappa shape index (κ1) is 35.6. The van der Waals surface area contributed by atoms with Crippen molar-refractivity contribution >= 4 is 16.1 Å². The van der Waals surface area contributed by atoms with Crippen molar-refractivity contribution in [3.63, 3.8) is 0 Å². The molecule has 12 heteroatoms. The van der Waals surface area contributed by atoms with Crippen molar-refractivity contribution in [1.29, 1.82) is 0 Å². The van der Waals surface area contributed by atoms with Gasteiger partial charge in [-0.2, -0.15) is 13.5 Å². The van der Waals surface area contributed by atoms with Crippen LogP contribution in [0.1, 0.15) is 41.1 Å². The van der Waals surface area contributed by atoms with Gasteiger partial charge in [0.05, 0.1) is 26.4 Å². The zero-order valence-electron chi connectivity index (χ0n) is 27.0. The van der Waals surface area contributed by atoms with Crippen molar-refractivity contribution in [2.75, 3.05) is 6.61 Å². The molecule has 0 bridgehead atoms. The smallest absolute Gasteiger partial charge is 0.303 e. The molecular weight excluding hydrogens is 646 g/mol. The monoisotopic (exact) mass is 685 g/mol. The first-order valence-electron chi connectivity index (χ1n) is 15.8. The molecule has 0 saturated carbocycles. The molecule has 1 N–H and O–H groups in total. The number of nitrogens with one attached hydrogen (secondary N) is 1. The van der Waals surface area contributed by atoms with Crippen LogP contribution < -0.4 is 0 Å². The highest BCUT2D eigenvalue weighted by Gasteiger charge is 2.43. The van der Waals surface area contributed by atoms with Crippen molar-refractivity contribution in [2.24, 2.45) is 0 Å². The zero-order valence-corrected chi connectivity index (χ0v) is 27.9. The quantitative estimate of drug-likeness (QED) is 0.0849. The summed E-state index contributed by atoms with van der Waals surface area (Å²) in [5.74, 6) is -0.830. The van der Waals surface area contributed by atoms with E-state index in [1.807, 2.05) is 91.0 Å². The lowest BCUT2D eigenvalue weighted by Crippen LogP contribution is -2.49. The van der Waals surface area contributed by atoms with Gasteiger partial charge in [-0.05, 0) is 22.3 Å². The van der Waals surface area contributed by atoms with E-state index in [1.54, 1.807) is 30.3 Å². The van der Waals surface area contributed by atoms with E-state index in [1.165, 1.54) is 13.3 Å². The largest absolute Gasteiger partial charge is 0.451 e. The Labute approximate surface area is 286 Å². The summed E-state index contributed by atoms with van der Waals surface area (Å²) in [6, 6.07) is 37.0. The third kappa shape index (κ3) is 11.4. The van der Waals surface area contributed by atoms with Crippen molar-refractivity contribution in [2.45, 2.75) is 56.9 Å². The Morgan fingerprint density at radius 2 is 1.18 bits per heavy atom. The minimum absolute atomic E-state index is 0.0528. The molecule has 256 valence electrons. The number of rotatable bonds is 19. The predicted octanol–water partition coefficient (Wildman–Crippen LogP) is 5.71. The summed E-state index contributed by atoms with van der Waals surface area (Å²) in [6.45, 7) is 1.35. The van der Waals surface area contributed by atoms with Gasteiger partial charge in [0.2, 0.25) is 0 Å². The molecule has 0 saturated heterocycles. The lowest BCUT2D eigenvalue weighted by molar-refractivity contribution is -0.190. The third-order valence-electron chi connectivity index (χ3n) is 7.41. The highest BCUT2D eigenvalue weighted by atomic mass is 32.2. The second-order valence-corrected chi connectivity index (χ2v) is 12.8. The van der Waals surface area contributed by atoms with Crippen LogP contribution >= 0.6 is 0 Å². The van der Waals surface area contributed by atoms with Crippen LogP contribution in [0.25, 0.3) is 0 Å². The summed E-state index contributed by atoms with van der Waals surface area (Å²) in [7, 11) is -4.22. The molecular formula is C37H39N3O8S. The van der Waals surface area contributed by atoms with E-state index < -0.39 is 40.5 Å². The minimum atomic E-state index is -4.22. The van der Waals surface area contributed by atoms with Crippen LogP contribution in [0.4, 0.5) is 0 Å². The summed E-state index contributed by atoms with van der Waals surface area (Å²) in [6.07, 6.45) is -3.51. The van der Waals surface area contributed by atoms with Crippen LogP contribution in [0, 0.1) is 0 Å². The summed E-state index contributed by atoms with van der Waals surface area (Å²) >= 11 is 0. The first-order chi connectivity index (χ1) is 23.9. The molecule has 1 heterocycles. The van der Waals surface area contributed by atoms with E-state index in [-0.39, 0.29) is 38.0 Å². The van der Waals surface area contributed by atoms with Crippen LogP contribution in [0.3, 0.4) is 0 Å². The maximum absolute atomic E-state index is 13.7. The Kier molecular flexibility index (Phi) is 13.2. The van der Waals surface area contributed by atoms with Gasteiger partial charge in [-0.15, -0.1) is 0 Å². The molecule has 0 aliphatic heterocycles. The van der Waals surface area contributed by atoms with Crippen LogP contribution in [0.15, 0.2) is 128 Å². The number of nitrogens with zero attached hydrogens (tertiary/aromatic N) is 2. The molecule has 0 spiro atoms. The van der Waals surface area contributed by atoms with Gasteiger partial charge in [-0.3, -0.25) is 14.1 Å². The van der Waals surface area contributed by atoms with Crippen molar-refractivity contribution in [1.82, 2.24) is 15.2 Å². The fraction of sp³-hybridized carbons (Fsp3) is 0.270. The summed E-state index contributed by atoms with van der Waals surface area (Å²) in [5.41, 5.74) is 3.06. The zero-order chi connectivity index (χ0) is 34.3. The Morgan fingerprint density at radius 3 is 1.67 bits per heavy atom.